The summed E-state index contributed by atoms with van der Waals surface area (Å²) in [6.07, 6.45) is 7.82. The Labute approximate surface area is 152 Å². The van der Waals surface area contributed by atoms with Gasteiger partial charge in [-0.2, -0.15) is 0 Å². The molecule has 5 nitrogen and oxygen atoms in total. The van der Waals surface area contributed by atoms with Gasteiger partial charge in [-0.1, -0.05) is 0 Å². The van der Waals surface area contributed by atoms with E-state index in [0.29, 0.717) is 0 Å². The Morgan fingerprint density at radius 3 is 2.58 bits per heavy atom. The van der Waals surface area contributed by atoms with E-state index in [0.717, 1.165) is 42.9 Å². The number of nitrogens with one attached hydrogen (secondary N) is 1. The maximum atomic E-state index is 13.6. The van der Waals surface area contributed by atoms with E-state index < -0.39 is 23.1 Å². The number of carbonyl (C=O) groups excluding carboxylic acids is 1. The normalized spacial score (nSPS) is 12.9. The second kappa shape index (κ2) is 6.53. The Bertz CT molecular complexity index is 981. The largest absolute Gasteiger partial charge is 0.305 e. The van der Waals surface area contributed by atoms with Crippen molar-refractivity contribution in [3.05, 3.63) is 57.3 Å². The first-order valence-electron chi connectivity index (χ1n) is 8.08. The number of hydrogen-bond donors (Lipinski definition) is 1. The Morgan fingerprint density at radius 1 is 1.12 bits per heavy atom. The number of aromatic nitrogens is 3. The van der Waals surface area contributed by atoms with E-state index in [1.54, 1.807) is 17.5 Å². The molecule has 0 spiro atoms. The first-order valence-corrected chi connectivity index (χ1v) is 8.90. The van der Waals surface area contributed by atoms with Crippen molar-refractivity contribution < 1.29 is 13.6 Å². The number of aryl methyl sites for hydroxylation is 2. The van der Waals surface area contributed by atoms with Crippen molar-refractivity contribution in [1.82, 2.24) is 15.0 Å². The molecule has 3 aromatic rings. The average molecular weight is 372 g/mol. The van der Waals surface area contributed by atoms with Crippen LogP contribution in [0, 0.1) is 18.6 Å². The first kappa shape index (κ1) is 16.7. The van der Waals surface area contributed by atoms with Crippen LogP contribution in [0.5, 0.6) is 0 Å². The van der Waals surface area contributed by atoms with Crippen molar-refractivity contribution in [1.29, 1.82) is 0 Å². The lowest BCUT2D eigenvalue weighted by Crippen LogP contribution is -2.17. The summed E-state index contributed by atoms with van der Waals surface area (Å²) in [6.45, 7) is 2.06. The SMILES string of the molecule is Cc1sc2c(c1-c1cnc(NC(=O)c3c(F)cncc3F)cn1)CCC2. The molecule has 0 aliphatic heterocycles. The third-order valence-electron chi connectivity index (χ3n) is 4.33. The predicted octanol–water partition coefficient (Wildman–Crippen LogP) is 3.93. The molecular weight excluding hydrogens is 358 g/mol. The van der Waals surface area contributed by atoms with Gasteiger partial charge in [-0.3, -0.25) is 14.8 Å². The van der Waals surface area contributed by atoms with Crippen molar-refractivity contribution in [2.75, 3.05) is 5.32 Å². The summed E-state index contributed by atoms with van der Waals surface area (Å²) >= 11 is 1.79. The molecule has 0 radical (unpaired) electrons. The fourth-order valence-electron chi connectivity index (χ4n) is 3.21. The van der Waals surface area contributed by atoms with Crippen LogP contribution in [-0.2, 0) is 12.8 Å². The fraction of sp³-hybridized carbons (Fsp3) is 0.222. The molecule has 26 heavy (non-hydrogen) atoms. The smallest absolute Gasteiger partial charge is 0.262 e. The van der Waals surface area contributed by atoms with E-state index >= 15 is 0 Å². The molecule has 1 aliphatic rings. The highest BCUT2D eigenvalue weighted by molar-refractivity contribution is 7.12. The summed E-state index contributed by atoms with van der Waals surface area (Å²) in [4.78, 5) is 26.6. The van der Waals surface area contributed by atoms with Gasteiger partial charge in [0.2, 0.25) is 0 Å². The summed E-state index contributed by atoms with van der Waals surface area (Å²) in [5.74, 6) is -2.87. The Kier molecular flexibility index (Phi) is 4.20. The molecule has 0 fully saturated rings. The Hall–Kier alpha value is -2.74. The minimum atomic E-state index is -1.03. The van der Waals surface area contributed by atoms with Crippen LogP contribution in [0.1, 0.15) is 32.1 Å². The number of nitrogens with zero attached hydrogens (tertiary/aromatic N) is 3. The minimum absolute atomic E-state index is 0.124. The quantitative estimate of drug-likeness (QED) is 0.756. The second-order valence-corrected chi connectivity index (χ2v) is 7.32. The van der Waals surface area contributed by atoms with Gasteiger partial charge in [-0.25, -0.2) is 13.8 Å². The molecule has 1 amide bonds. The van der Waals surface area contributed by atoms with E-state index in [4.69, 9.17) is 0 Å². The zero-order valence-corrected chi connectivity index (χ0v) is 14.7. The first-order chi connectivity index (χ1) is 12.5. The molecule has 0 atom stereocenters. The maximum absolute atomic E-state index is 13.6. The third kappa shape index (κ3) is 2.86. The summed E-state index contributed by atoms with van der Waals surface area (Å²) in [5.41, 5.74) is 2.48. The Balaban J connectivity index is 1.58. The molecule has 3 aromatic heterocycles. The molecule has 1 aliphatic carbocycles. The molecule has 132 valence electrons. The fourth-order valence-corrected chi connectivity index (χ4v) is 4.48. The van der Waals surface area contributed by atoms with E-state index in [1.165, 1.54) is 21.5 Å². The van der Waals surface area contributed by atoms with Crippen molar-refractivity contribution in [3.63, 3.8) is 0 Å². The molecule has 8 heteroatoms. The molecule has 0 bridgehead atoms. The molecule has 0 saturated carbocycles. The van der Waals surface area contributed by atoms with Crippen LogP contribution in [0.2, 0.25) is 0 Å². The lowest BCUT2D eigenvalue weighted by molar-refractivity contribution is 0.101. The van der Waals surface area contributed by atoms with Gasteiger partial charge in [0.05, 0.1) is 30.5 Å². The van der Waals surface area contributed by atoms with Gasteiger partial charge < -0.3 is 5.32 Å². The van der Waals surface area contributed by atoms with E-state index in [-0.39, 0.29) is 5.82 Å². The zero-order valence-electron chi connectivity index (χ0n) is 13.8. The monoisotopic (exact) mass is 372 g/mol. The standard InChI is InChI=1S/C18H14F2N4OS/c1-9-16(10-3-2-4-14(10)26-9)13-7-23-15(8-22-13)24-18(25)17-11(19)5-21-6-12(17)20/h5-8H,2-4H2,1H3,(H,23,24,25). The number of anilines is 1. The van der Waals surface area contributed by atoms with Gasteiger partial charge in [-0.15, -0.1) is 11.3 Å². The van der Waals surface area contributed by atoms with Gasteiger partial charge in [0.25, 0.3) is 5.91 Å². The van der Waals surface area contributed by atoms with Crippen LogP contribution in [0.25, 0.3) is 11.3 Å². The maximum Gasteiger partial charge on any atom is 0.262 e. The third-order valence-corrected chi connectivity index (χ3v) is 5.53. The molecule has 1 N–H and O–H groups in total. The van der Waals surface area contributed by atoms with Crippen LogP contribution in [-0.4, -0.2) is 20.9 Å². The summed E-state index contributed by atoms with van der Waals surface area (Å²) in [7, 11) is 0. The van der Waals surface area contributed by atoms with Crippen molar-refractivity contribution >= 4 is 23.1 Å². The minimum Gasteiger partial charge on any atom is -0.305 e. The van der Waals surface area contributed by atoms with Crippen molar-refractivity contribution in [2.24, 2.45) is 0 Å². The lowest BCUT2D eigenvalue weighted by atomic mass is 10.1. The number of fused-ring (bicyclic) bond motifs is 1. The summed E-state index contributed by atoms with van der Waals surface area (Å²) < 4.78 is 27.3. The number of carbonyl (C=O) groups is 1. The number of thiophene rings is 1. The van der Waals surface area contributed by atoms with E-state index in [2.05, 4.69) is 27.2 Å². The van der Waals surface area contributed by atoms with Crippen LogP contribution in [0.15, 0.2) is 24.8 Å². The number of halogens is 2. The van der Waals surface area contributed by atoms with Gasteiger partial charge in [0, 0.05) is 15.3 Å². The van der Waals surface area contributed by atoms with Crippen molar-refractivity contribution in [2.45, 2.75) is 26.2 Å². The Morgan fingerprint density at radius 2 is 1.88 bits per heavy atom. The second-order valence-electron chi connectivity index (χ2n) is 6.01. The van der Waals surface area contributed by atoms with Gasteiger partial charge >= 0.3 is 0 Å². The van der Waals surface area contributed by atoms with Crippen LogP contribution >= 0.6 is 11.3 Å². The van der Waals surface area contributed by atoms with E-state index in [1.807, 2.05) is 0 Å². The number of hydrogen-bond acceptors (Lipinski definition) is 5. The predicted molar refractivity (Wildman–Crippen MR) is 94.2 cm³/mol. The molecule has 0 saturated heterocycles. The molecule has 0 aromatic carbocycles. The van der Waals surface area contributed by atoms with Crippen LogP contribution < -0.4 is 5.32 Å². The molecule has 3 heterocycles. The van der Waals surface area contributed by atoms with Gasteiger partial charge in [0.15, 0.2) is 17.5 Å². The van der Waals surface area contributed by atoms with Crippen LogP contribution in [0.3, 0.4) is 0 Å². The highest BCUT2D eigenvalue weighted by atomic mass is 32.1. The molecular formula is C18H14F2N4OS. The van der Waals surface area contributed by atoms with Crippen molar-refractivity contribution in [3.8, 4) is 11.3 Å². The topological polar surface area (TPSA) is 67.8 Å². The lowest BCUT2D eigenvalue weighted by Gasteiger charge is -2.07. The molecule has 0 unspecified atom stereocenters. The summed E-state index contributed by atoms with van der Waals surface area (Å²) in [6, 6.07) is 0. The number of pyridine rings is 1. The van der Waals surface area contributed by atoms with Crippen LogP contribution in [0.4, 0.5) is 14.6 Å². The van der Waals surface area contributed by atoms with Gasteiger partial charge in [-0.05, 0) is 31.7 Å². The number of rotatable bonds is 3. The summed E-state index contributed by atoms with van der Waals surface area (Å²) in [5, 5.41) is 2.36. The zero-order chi connectivity index (χ0) is 18.3. The van der Waals surface area contributed by atoms with Gasteiger partial charge in [0.1, 0.15) is 5.56 Å². The average Bonchev–Trinajstić information content (AvgIpc) is 3.15. The highest BCUT2D eigenvalue weighted by Gasteiger charge is 2.22. The number of amides is 1. The van der Waals surface area contributed by atoms with E-state index in [9.17, 15) is 13.6 Å². The highest BCUT2D eigenvalue weighted by Crippen LogP contribution is 2.40. The molecule has 4 rings (SSSR count).